The number of hydrogen-bond donors (Lipinski definition) is 1. The summed E-state index contributed by atoms with van der Waals surface area (Å²) in [7, 11) is 0. The van der Waals surface area contributed by atoms with Crippen molar-refractivity contribution in [2.75, 3.05) is 26.2 Å². The molecule has 5 heteroatoms. The van der Waals surface area contributed by atoms with Crippen molar-refractivity contribution in [3.05, 3.63) is 0 Å². The molecule has 2 atom stereocenters. The lowest BCUT2D eigenvalue weighted by Crippen LogP contribution is -2.53. The van der Waals surface area contributed by atoms with Crippen molar-refractivity contribution in [1.29, 1.82) is 0 Å². The summed E-state index contributed by atoms with van der Waals surface area (Å²) in [6.07, 6.45) is 0.590. The second-order valence-electron chi connectivity index (χ2n) is 4.17. The van der Waals surface area contributed by atoms with Gasteiger partial charge in [-0.1, -0.05) is 6.92 Å². The van der Waals surface area contributed by atoms with Crippen LogP contribution in [0.25, 0.3) is 0 Å². The molecule has 2 rings (SSSR count). The molecule has 2 saturated heterocycles. The molecule has 15 heavy (non-hydrogen) atoms. The molecule has 84 valence electrons. The third-order valence-corrected chi connectivity index (χ3v) is 2.98. The zero-order valence-corrected chi connectivity index (χ0v) is 8.86. The van der Waals surface area contributed by atoms with Crippen LogP contribution in [0.4, 0.5) is 0 Å². The van der Waals surface area contributed by atoms with Crippen LogP contribution in [0.1, 0.15) is 13.3 Å². The van der Waals surface area contributed by atoms with Gasteiger partial charge in [0.2, 0.25) is 5.91 Å². The van der Waals surface area contributed by atoms with E-state index in [9.17, 15) is 9.59 Å². The molecule has 0 radical (unpaired) electrons. The fourth-order valence-electron chi connectivity index (χ4n) is 2.02. The van der Waals surface area contributed by atoms with E-state index >= 15 is 0 Å². The molecule has 0 spiro atoms. The number of nitrogens with zero attached hydrogens (tertiary/aromatic N) is 1. The van der Waals surface area contributed by atoms with Crippen molar-refractivity contribution in [3.63, 3.8) is 0 Å². The molecule has 1 N–H and O–H groups in total. The average molecular weight is 212 g/mol. The van der Waals surface area contributed by atoms with Gasteiger partial charge in [0.1, 0.15) is 6.10 Å². The topological polar surface area (TPSA) is 58.6 Å². The Morgan fingerprint density at radius 2 is 2.40 bits per heavy atom. The maximum absolute atomic E-state index is 12.0. The Morgan fingerprint density at radius 3 is 3.00 bits per heavy atom. The lowest BCUT2D eigenvalue weighted by Gasteiger charge is -2.29. The predicted molar refractivity (Wildman–Crippen MR) is 53.1 cm³/mol. The minimum absolute atomic E-state index is 0.0325. The quantitative estimate of drug-likeness (QED) is 0.629. The molecular formula is C10H16N2O3. The first-order valence-corrected chi connectivity index (χ1v) is 5.35. The van der Waals surface area contributed by atoms with Gasteiger partial charge in [0.05, 0.1) is 6.54 Å². The second-order valence-corrected chi connectivity index (χ2v) is 4.17. The number of piperazine rings is 1. The maximum atomic E-state index is 12.0. The maximum Gasteiger partial charge on any atom is 0.252 e. The Balaban J connectivity index is 1.97. The van der Waals surface area contributed by atoms with Gasteiger partial charge in [0.25, 0.3) is 5.91 Å². The van der Waals surface area contributed by atoms with Crippen LogP contribution in [-0.4, -0.2) is 49.1 Å². The Hall–Kier alpha value is -1.10. The smallest absolute Gasteiger partial charge is 0.252 e. The number of hydrogen-bond acceptors (Lipinski definition) is 3. The van der Waals surface area contributed by atoms with Crippen molar-refractivity contribution in [2.24, 2.45) is 5.92 Å². The molecule has 2 fully saturated rings. The summed E-state index contributed by atoms with van der Waals surface area (Å²) in [4.78, 5) is 24.7. The summed E-state index contributed by atoms with van der Waals surface area (Å²) in [5, 5.41) is 2.70. The largest absolute Gasteiger partial charge is 0.368 e. The van der Waals surface area contributed by atoms with Crippen LogP contribution < -0.4 is 5.32 Å². The number of carbonyl (C=O) groups excluding carboxylic acids is 2. The monoisotopic (exact) mass is 212 g/mol. The molecule has 0 aromatic rings. The molecule has 0 bridgehead atoms. The first-order valence-electron chi connectivity index (χ1n) is 5.35. The van der Waals surface area contributed by atoms with Crippen LogP contribution in [0.5, 0.6) is 0 Å². The lowest BCUT2D eigenvalue weighted by molar-refractivity contribution is -0.146. The fourth-order valence-corrected chi connectivity index (χ4v) is 2.02. The highest BCUT2D eigenvalue weighted by Crippen LogP contribution is 2.22. The van der Waals surface area contributed by atoms with Crippen molar-refractivity contribution in [2.45, 2.75) is 19.4 Å². The third kappa shape index (κ3) is 2.12. The number of carbonyl (C=O) groups is 2. The molecule has 2 unspecified atom stereocenters. The van der Waals surface area contributed by atoms with Gasteiger partial charge in [-0.15, -0.1) is 0 Å². The number of rotatable bonds is 1. The van der Waals surface area contributed by atoms with Crippen molar-refractivity contribution < 1.29 is 14.3 Å². The van der Waals surface area contributed by atoms with Crippen LogP contribution in [-0.2, 0) is 14.3 Å². The summed E-state index contributed by atoms with van der Waals surface area (Å²) >= 11 is 0. The molecule has 2 amide bonds. The van der Waals surface area contributed by atoms with E-state index in [1.807, 2.05) is 6.92 Å². The van der Waals surface area contributed by atoms with Crippen molar-refractivity contribution in [3.8, 4) is 0 Å². The van der Waals surface area contributed by atoms with Crippen LogP contribution in [0.3, 0.4) is 0 Å². The van der Waals surface area contributed by atoms with E-state index in [-0.39, 0.29) is 30.4 Å². The van der Waals surface area contributed by atoms with E-state index in [2.05, 4.69) is 5.32 Å². The van der Waals surface area contributed by atoms with E-state index in [0.29, 0.717) is 19.7 Å². The fraction of sp³-hybridized carbons (Fsp3) is 0.800. The second kappa shape index (κ2) is 4.18. The average Bonchev–Trinajstić information content (AvgIpc) is 2.63. The van der Waals surface area contributed by atoms with Crippen molar-refractivity contribution in [1.82, 2.24) is 10.2 Å². The summed E-state index contributed by atoms with van der Waals surface area (Å²) in [5.41, 5.74) is 0. The standard InChI is InChI=1S/C10H16N2O3/c1-7-2-5-15-9(7)10(14)12-4-3-11-8(13)6-12/h7,9H,2-6H2,1H3,(H,11,13). The zero-order valence-electron chi connectivity index (χ0n) is 8.86. The number of amides is 2. The molecule has 0 aromatic heterocycles. The van der Waals surface area contributed by atoms with Crippen LogP contribution in [0, 0.1) is 5.92 Å². The zero-order chi connectivity index (χ0) is 10.8. The Morgan fingerprint density at radius 1 is 1.60 bits per heavy atom. The molecule has 0 aliphatic carbocycles. The first-order chi connectivity index (χ1) is 7.18. The van der Waals surface area contributed by atoms with Gasteiger partial charge in [-0.25, -0.2) is 0 Å². The van der Waals surface area contributed by atoms with Gasteiger partial charge in [0.15, 0.2) is 0 Å². The van der Waals surface area contributed by atoms with Gasteiger partial charge in [0, 0.05) is 19.7 Å². The van der Waals surface area contributed by atoms with Crippen LogP contribution in [0.15, 0.2) is 0 Å². The number of nitrogens with one attached hydrogen (secondary N) is 1. The summed E-state index contributed by atoms with van der Waals surface area (Å²) in [5.74, 6) is 0.151. The Kier molecular flexibility index (Phi) is 2.90. The Labute approximate surface area is 88.8 Å². The van der Waals surface area contributed by atoms with Crippen LogP contribution >= 0.6 is 0 Å². The molecule has 2 aliphatic rings. The summed E-state index contributed by atoms with van der Waals surface area (Å²) < 4.78 is 5.39. The molecular weight excluding hydrogens is 196 g/mol. The van der Waals surface area contributed by atoms with E-state index in [4.69, 9.17) is 4.74 Å². The highest BCUT2D eigenvalue weighted by molar-refractivity contribution is 5.88. The van der Waals surface area contributed by atoms with Gasteiger partial charge >= 0.3 is 0 Å². The van der Waals surface area contributed by atoms with Gasteiger partial charge in [-0.05, 0) is 12.3 Å². The summed E-state index contributed by atoms with van der Waals surface area (Å²) in [6, 6.07) is 0. The first kappa shape index (κ1) is 10.4. The molecule has 5 nitrogen and oxygen atoms in total. The molecule has 2 aliphatic heterocycles. The highest BCUT2D eigenvalue weighted by atomic mass is 16.5. The van der Waals surface area contributed by atoms with E-state index < -0.39 is 0 Å². The van der Waals surface area contributed by atoms with Crippen LogP contribution in [0.2, 0.25) is 0 Å². The van der Waals surface area contributed by atoms with Gasteiger partial charge < -0.3 is 15.0 Å². The van der Waals surface area contributed by atoms with Gasteiger partial charge in [-0.3, -0.25) is 9.59 Å². The number of ether oxygens (including phenoxy) is 1. The van der Waals surface area contributed by atoms with E-state index in [0.717, 1.165) is 6.42 Å². The Bertz CT molecular complexity index is 280. The lowest BCUT2D eigenvalue weighted by atomic mass is 10.0. The van der Waals surface area contributed by atoms with E-state index in [1.54, 1.807) is 4.90 Å². The normalized spacial score (nSPS) is 31.5. The predicted octanol–water partition coefficient (Wildman–Crippen LogP) is -0.630. The van der Waals surface area contributed by atoms with E-state index in [1.165, 1.54) is 0 Å². The molecule has 0 aromatic carbocycles. The highest BCUT2D eigenvalue weighted by Gasteiger charge is 2.35. The third-order valence-electron chi connectivity index (χ3n) is 2.98. The minimum atomic E-state index is -0.337. The molecule has 0 saturated carbocycles. The SMILES string of the molecule is CC1CCOC1C(=O)N1CCNC(=O)C1. The molecule has 2 heterocycles. The summed E-state index contributed by atoms with van der Waals surface area (Å²) in [6.45, 7) is 3.98. The van der Waals surface area contributed by atoms with Crippen molar-refractivity contribution >= 4 is 11.8 Å². The minimum Gasteiger partial charge on any atom is -0.368 e. The van der Waals surface area contributed by atoms with Gasteiger partial charge in [-0.2, -0.15) is 0 Å².